The van der Waals surface area contributed by atoms with Crippen LogP contribution in [0.15, 0.2) is 176 Å². The van der Waals surface area contributed by atoms with Crippen LogP contribution >= 0.6 is 11.3 Å². The number of fused-ring (bicyclic) bond motifs is 12. The van der Waals surface area contributed by atoms with Gasteiger partial charge in [0.05, 0.1) is 28.1 Å². The molecule has 0 saturated carbocycles. The standard InChI is InChI=1S/C54H34N2S/c1-2-13-35-33(12-1)24-28-50-54(35)45-19-7-9-22-46(45)56(50)48-31-30-47(38-16-5-6-17-39(38)48)55(34-25-26-41-40-18-8-10-23-51(40)57-52(41)32-34)49-29-27-43-37-15-4-3-14-36(37)42-20-11-21-44(49)53(42)43/h1-9,11-22,24-32H,10,23H2. The van der Waals surface area contributed by atoms with Crippen molar-refractivity contribution in [1.29, 1.82) is 0 Å². The van der Waals surface area contributed by atoms with E-state index in [-0.39, 0.29) is 0 Å². The summed E-state index contributed by atoms with van der Waals surface area (Å²) in [5.74, 6) is 0. The number of rotatable bonds is 4. The number of thiophene rings is 1. The molecule has 2 nitrogen and oxygen atoms in total. The van der Waals surface area contributed by atoms with Gasteiger partial charge in [0.2, 0.25) is 0 Å². The van der Waals surface area contributed by atoms with E-state index in [2.05, 4.69) is 191 Å². The summed E-state index contributed by atoms with van der Waals surface area (Å²) >= 11 is 1.96. The minimum absolute atomic E-state index is 1.11. The van der Waals surface area contributed by atoms with Gasteiger partial charge in [0.25, 0.3) is 0 Å². The number of aryl methyl sites for hydroxylation is 1. The van der Waals surface area contributed by atoms with Crippen LogP contribution in [-0.2, 0) is 6.42 Å². The molecule has 2 aliphatic carbocycles. The van der Waals surface area contributed by atoms with Crippen LogP contribution in [-0.4, -0.2) is 4.57 Å². The van der Waals surface area contributed by atoms with Gasteiger partial charge in [0, 0.05) is 47.6 Å². The molecule has 13 rings (SSSR count). The molecule has 0 fully saturated rings. The molecule has 0 bridgehead atoms. The molecule has 11 aromatic rings. The third kappa shape index (κ3) is 4.35. The smallest absolute Gasteiger partial charge is 0.0547 e. The summed E-state index contributed by atoms with van der Waals surface area (Å²) in [7, 11) is 0. The Bertz CT molecular complexity index is 3510. The molecule has 0 spiro atoms. The van der Waals surface area contributed by atoms with Gasteiger partial charge >= 0.3 is 0 Å². The van der Waals surface area contributed by atoms with Gasteiger partial charge in [-0.1, -0.05) is 140 Å². The number of benzene rings is 9. The summed E-state index contributed by atoms with van der Waals surface area (Å²) in [6.07, 6.45) is 6.89. The van der Waals surface area contributed by atoms with E-state index in [4.69, 9.17) is 0 Å². The minimum Gasteiger partial charge on any atom is -0.309 e. The summed E-state index contributed by atoms with van der Waals surface area (Å²) < 4.78 is 3.82. The Balaban J connectivity index is 1.10. The van der Waals surface area contributed by atoms with E-state index < -0.39 is 0 Å². The topological polar surface area (TPSA) is 8.17 Å². The van der Waals surface area contributed by atoms with Crippen molar-refractivity contribution in [3.05, 3.63) is 186 Å². The maximum Gasteiger partial charge on any atom is 0.0547 e. The predicted octanol–water partition coefficient (Wildman–Crippen LogP) is 15.5. The summed E-state index contributed by atoms with van der Waals surface area (Å²) in [5.41, 5.74) is 13.8. The molecule has 0 amide bonds. The predicted molar refractivity (Wildman–Crippen MR) is 245 cm³/mol. The molecule has 266 valence electrons. The third-order valence-corrected chi connectivity index (χ3v) is 13.8. The zero-order valence-electron chi connectivity index (χ0n) is 31.0. The monoisotopic (exact) mass is 742 g/mol. The largest absolute Gasteiger partial charge is 0.309 e. The first kappa shape index (κ1) is 31.3. The molecule has 0 atom stereocenters. The molecule has 9 aromatic carbocycles. The lowest BCUT2D eigenvalue weighted by Crippen LogP contribution is -2.11. The highest BCUT2D eigenvalue weighted by Crippen LogP contribution is 2.52. The van der Waals surface area contributed by atoms with Crippen molar-refractivity contribution < 1.29 is 0 Å². The molecule has 0 unspecified atom stereocenters. The van der Waals surface area contributed by atoms with Gasteiger partial charge in [-0.3, -0.25) is 0 Å². The lowest BCUT2D eigenvalue weighted by molar-refractivity contribution is 1.02. The second-order valence-electron chi connectivity index (χ2n) is 15.5. The van der Waals surface area contributed by atoms with Crippen LogP contribution in [0.1, 0.15) is 16.9 Å². The lowest BCUT2D eigenvalue weighted by Gasteiger charge is -2.29. The van der Waals surface area contributed by atoms with Crippen molar-refractivity contribution >= 4 is 98.7 Å². The van der Waals surface area contributed by atoms with Gasteiger partial charge in [-0.15, -0.1) is 11.3 Å². The highest BCUT2D eigenvalue weighted by atomic mass is 32.1. The second kappa shape index (κ2) is 11.8. The Morgan fingerprint density at radius 1 is 0.474 bits per heavy atom. The van der Waals surface area contributed by atoms with Crippen molar-refractivity contribution in [2.75, 3.05) is 4.90 Å². The quantitative estimate of drug-likeness (QED) is 0.174. The Labute approximate surface area is 333 Å². The molecule has 2 heterocycles. The Morgan fingerprint density at radius 3 is 2.07 bits per heavy atom. The summed E-state index contributed by atoms with van der Waals surface area (Å²) in [5, 5.41) is 11.5. The van der Waals surface area contributed by atoms with E-state index in [0.717, 1.165) is 18.5 Å². The van der Waals surface area contributed by atoms with Crippen molar-refractivity contribution in [1.82, 2.24) is 4.57 Å². The molecule has 2 aromatic heterocycles. The highest BCUT2D eigenvalue weighted by molar-refractivity contribution is 7.19. The van der Waals surface area contributed by atoms with Gasteiger partial charge < -0.3 is 9.47 Å². The van der Waals surface area contributed by atoms with Crippen LogP contribution in [0, 0.1) is 0 Å². The molecule has 2 aliphatic rings. The number of aromatic nitrogens is 1. The zero-order valence-corrected chi connectivity index (χ0v) is 31.9. The molecule has 3 heteroatoms. The summed E-state index contributed by atoms with van der Waals surface area (Å²) in [6, 6.07) is 63.5. The van der Waals surface area contributed by atoms with Gasteiger partial charge in [-0.05, 0) is 99.3 Å². The van der Waals surface area contributed by atoms with Crippen LogP contribution < -0.4 is 4.90 Å². The molecular formula is C54H34N2S. The number of hydrogen-bond donors (Lipinski definition) is 0. The molecule has 57 heavy (non-hydrogen) atoms. The minimum atomic E-state index is 1.11. The molecule has 0 saturated heterocycles. The number of nitrogens with zero attached hydrogens (tertiary/aromatic N) is 2. The maximum absolute atomic E-state index is 2.53. The van der Waals surface area contributed by atoms with E-state index >= 15 is 0 Å². The molecular weight excluding hydrogens is 709 g/mol. The van der Waals surface area contributed by atoms with Crippen molar-refractivity contribution in [3.8, 4) is 27.9 Å². The Kier molecular flexibility index (Phi) is 6.47. The number of para-hydroxylation sites is 1. The van der Waals surface area contributed by atoms with Gasteiger partial charge in [0.15, 0.2) is 0 Å². The summed E-state index contributed by atoms with van der Waals surface area (Å²) in [4.78, 5) is 4.03. The van der Waals surface area contributed by atoms with E-state index in [1.54, 1.807) is 0 Å². The first-order valence-corrected chi connectivity index (χ1v) is 20.7. The Hall–Kier alpha value is -6.94. The van der Waals surface area contributed by atoms with Crippen LogP contribution in [0.3, 0.4) is 0 Å². The van der Waals surface area contributed by atoms with Crippen molar-refractivity contribution in [3.63, 3.8) is 0 Å². The van der Waals surface area contributed by atoms with E-state index in [1.165, 1.54) is 114 Å². The lowest BCUT2D eigenvalue weighted by atomic mass is 9.98. The van der Waals surface area contributed by atoms with Gasteiger partial charge in [-0.2, -0.15) is 0 Å². The van der Waals surface area contributed by atoms with Crippen LogP contribution in [0.25, 0.3) is 98.2 Å². The van der Waals surface area contributed by atoms with Gasteiger partial charge in [-0.25, -0.2) is 0 Å². The Morgan fingerprint density at radius 2 is 1.18 bits per heavy atom. The number of allylic oxidation sites excluding steroid dienone is 1. The zero-order chi connectivity index (χ0) is 37.2. The molecule has 0 N–H and O–H groups in total. The van der Waals surface area contributed by atoms with Crippen LogP contribution in [0.2, 0.25) is 0 Å². The molecule has 0 aliphatic heterocycles. The second-order valence-corrected chi connectivity index (χ2v) is 16.6. The first-order valence-electron chi connectivity index (χ1n) is 19.9. The number of hydrogen-bond acceptors (Lipinski definition) is 2. The van der Waals surface area contributed by atoms with Crippen LogP contribution in [0.5, 0.6) is 0 Å². The van der Waals surface area contributed by atoms with Crippen molar-refractivity contribution in [2.24, 2.45) is 0 Å². The normalized spacial score (nSPS) is 13.1. The summed E-state index contributed by atoms with van der Waals surface area (Å²) in [6.45, 7) is 0. The first-order chi connectivity index (χ1) is 28.3. The van der Waals surface area contributed by atoms with E-state index in [9.17, 15) is 0 Å². The SMILES string of the molecule is C1=Cc2c(sc3cc(N(c4ccc(-n5c6ccccc6c6c7ccccc7ccc65)c5ccccc45)c4ccc5c6c(cccc46)-c4ccccc4-5)ccc23)CC1. The maximum atomic E-state index is 2.53. The van der Waals surface area contributed by atoms with Crippen LogP contribution in [0.4, 0.5) is 17.1 Å². The fourth-order valence-corrected chi connectivity index (χ4v) is 11.4. The fraction of sp³-hybridized carbons (Fsp3) is 0.0370. The van der Waals surface area contributed by atoms with E-state index in [1.807, 2.05) is 11.3 Å². The highest BCUT2D eigenvalue weighted by Gasteiger charge is 2.27. The molecule has 0 radical (unpaired) electrons. The fourth-order valence-electron chi connectivity index (χ4n) is 10.1. The average molecular weight is 743 g/mol. The third-order valence-electron chi connectivity index (χ3n) is 12.6. The van der Waals surface area contributed by atoms with E-state index in [0.29, 0.717) is 0 Å². The number of anilines is 3. The van der Waals surface area contributed by atoms with Gasteiger partial charge in [0.1, 0.15) is 0 Å². The van der Waals surface area contributed by atoms with Crippen molar-refractivity contribution in [2.45, 2.75) is 12.8 Å². The average Bonchev–Trinajstić information content (AvgIpc) is 3.93.